The van der Waals surface area contributed by atoms with Crippen LogP contribution in [0.25, 0.3) is 0 Å². The minimum atomic E-state index is -2.45. The molecular weight excluding hydrogens is 497 g/mol. The lowest BCUT2D eigenvalue weighted by Gasteiger charge is -2.35. The highest BCUT2D eigenvalue weighted by Gasteiger charge is 2.42. The largest absolute Gasteiger partial charge is 0.468 e. The first kappa shape index (κ1) is 31.1. The molecule has 0 aliphatic heterocycles. The fourth-order valence-electron chi connectivity index (χ4n) is 4.01. The maximum atomic E-state index is 12.2. The highest BCUT2D eigenvalue weighted by molar-refractivity contribution is 7.84. The van der Waals surface area contributed by atoms with Crippen molar-refractivity contribution >= 4 is 46.7 Å². The summed E-state index contributed by atoms with van der Waals surface area (Å²) in [4.78, 5) is 0. The van der Waals surface area contributed by atoms with Crippen LogP contribution in [0.3, 0.4) is 0 Å². The maximum absolute atomic E-state index is 12.2. The summed E-state index contributed by atoms with van der Waals surface area (Å²) in [6.07, 6.45) is 11.2. The number of hydrogen-bond donors (Lipinski definition) is 0. The molecule has 0 amide bonds. The molecule has 0 fully saturated rings. The molecule has 33 heavy (non-hydrogen) atoms. The zero-order chi connectivity index (χ0) is 24.5. The second kappa shape index (κ2) is 18.4. The van der Waals surface area contributed by atoms with Crippen LogP contribution in [0.2, 0.25) is 45.3 Å². The molecule has 0 saturated heterocycles. The van der Waals surface area contributed by atoms with E-state index in [4.69, 9.17) is 12.3 Å². The third-order valence-electron chi connectivity index (χ3n) is 5.27. The van der Waals surface area contributed by atoms with E-state index in [1.165, 1.54) is 56.9 Å². The van der Waals surface area contributed by atoms with Gasteiger partial charge in [-0.2, -0.15) is 0 Å². The second-order valence-electron chi connectivity index (χ2n) is 9.89. The Labute approximate surface area is 213 Å². The first-order valence-electron chi connectivity index (χ1n) is 13.1. The van der Waals surface area contributed by atoms with Crippen LogP contribution in [0.4, 0.5) is 0 Å². The van der Waals surface area contributed by atoms with E-state index in [1.54, 1.807) is 0 Å². The molecule has 0 aliphatic carbocycles. The van der Waals surface area contributed by atoms with E-state index in [2.05, 4.69) is 51.4 Å². The van der Waals surface area contributed by atoms with Crippen LogP contribution in [0, 0.1) is 0 Å². The Bertz CT molecular complexity index is 606. The van der Waals surface area contributed by atoms with Gasteiger partial charge in [0.05, 0.1) is 0 Å². The summed E-state index contributed by atoms with van der Waals surface area (Å²) in [6.45, 7) is 13.4. The van der Waals surface area contributed by atoms with Gasteiger partial charge in [-0.3, -0.25) is 4.21 Å². The fourth-order valence-corrected chi connectivity index (χ4v) is 18.1. The predicted octanol–water partition coefficient (Wildman–Crippen LogP) is 6.39. The lowest BCUT2D eigenvalue weighted by Crippen LogP contribution is -2.53. The second-order valence-corrected chi connectivity index (χ2v) is 22.5. The summed E-state index contributed by atoms with van der Waals surface area (Å²) in [6, 6.07) is 11.2. The van der Waals surface area contributed by atoms with E-state index in [-0.39, 0.29) is 0 Å². The fraction of sp³-hybridized carbons (Fsp3) is 0.750. The van der Waals surface area contributed by atoms with Crippen LogP contribution in [0.15, 0.2) is 30.3 Å². The van der Waals surface area contributed by atoms with Gasteiger partial charge >= 0.3 is 8.80 Å². The summed E-state index contributed by atoms with van der Waals surface area (Å²) >= 11 is 0. The molecule has 9 heteroatoms. The van der Waals surface area contributed by atoms with Gasteiger partial charge in [-0.25, -0.2) is 0 Å². The number of unbranched alkanes of at least 4 members (excludes halogenated alkanes) is 8. The summed E-state index contributed by atoms with van der Waals surface area (Å²) in [5.74, 6) is 1.54. The van der Waals surface area contributed by atoms with E-state index in [0.717, 1.165) is 18.2 Å². The van der Waals surface area contributed by atoms with Crippen molar-refractivity contribution in [1.82, 2.24) is 0 Å². The van der Waals surface area contributed by atoms with Crippen LogP contribution < -0.4 is 0 Å². The molecule has 0 aliphatic rings. The van der Waals surface area contributed by atoms with Gasteiger partial charge in [0.25, 0.3) is 0 Å². The van der Waals surface area contributed by atoms with Crippen molar-refractivity contribution in [2.45, 2.75) is 109 Å². The van der Waals surface area contributed by atoms with Crippen molar-refractivity contribution in [3.63, 3.8) is 0 Å². The van der Waals surface area contributed by atoms with Crippen LogP contribution >= 0.6 is 0 Å². The third kappa shape index (κ3) is 16.4. The molecular formula is C24H50O4SSi4. The molecule has 1 aromatic rings. The lowest BCUT2D eigenvalue weighted by molar-refractivity contribution is 0.266. The van der Waals surface area contributed by atoms with Gasteiger partial charge in [-0.15, -0.1) is 0 Å². The Morgan fingerprint density at radius 1 is 0.667 bits per heavy atom. The molecule has 0 N–H and O–H groups in total. The topological polar surface area (TPSA) is 44.8 Å². The Morgan fingerprint density at radius 2 is 1.09 bits per heavy atom. The molecule has 0 spiro atoms. The predicted molar refractivity (Wildman–Crippen MR) is 155 cm³/mol. The molecule has 1 aromatic carbocycles. The van der Waals surface area contributed by atoms with Crippen molar-refractivity contribution in [1.29, 1.82) is 0 Å². The van der Waals surface area contributed by atoms with Crippen molar-refractivity contribution < 1.29 is 16.6 Å². The van der Waals surface area contributed by atoms with E-state index in [9.17, 15) is 4.21 Å². The number of hydrogen-bond acceptors (Lipinski definition) is 4. The SMILES string of the molecule is C[SiH](C)O[Si](CCCCCCCCCCCS(=O)Cc1ccccc1)(O[SiH](C)C)O[SiH](C)C. The van der Waals surface area contributed by atoms with Gasteiger partial charge in [0.2, 0.25) is 0 Å². The zero-order valence-electron chi connectivity index (χ0n) is 22.1. The van der Waals surface area contributed by atoms with Crippen LogP contribution in [-0.2, 0) is 28.9 Å². The molecule has 192 valence electrons. The summed E-state index contributed by atoms with van der Waals surface area (Å²) in [5.41, 5.74) is 1.18. The minimum Gasteiger partial charge on any atom is -0.420 e. The Hall–Kier alpha value is 0.118. The Balaban J connectivity index is 2.12. The number of benzene rings is 1. The maximum Gasteiger partial charge on any atom is 0.468 e. The molecule has 4 nitrogen and oxygen atoms in total. The molecule has 1 unspecified atom stereocenters. The van der Waals surface area contributed by atoms with Crippen molar-refractivity contribution in [2.24, 2.45) is 0 Å². The molecule has 0 heterocycles. The van der Waals surface area contributed by atoms with Gasteiger partial charge in [0, 0.05) is 28.3 Å². The summed E-state index contributed by atoms with van der Waals surface area (Å²) in [5, 5.41) is 0. The highest BCUT2D eigenvalue weighted by Crippen LogP contribution is 2.23. The normalized spacial score (nSPS) is 13.4. The molecule has 0 aromatic heterocycles. The minimum absolute atomic E-state index is 0.699. The average molecular weight is 547 g/mol. The van der Waals surface area contributed by atoms with E-state index < -0.39 is 46.7 Å². The number of rotatable bonds is 20. The summed E-state index contributed by atoms with van der Waals surface area (Å²) < 4.78 is 31.6. The van der Waals surface area contributed by atoms with E-state index in [1.807, 2.05) is 18.2 Å². The Kier molecular flexibility index (Phi) is 17.4. The van der Waals surface area contributed by atoms with Gasteiger partial charge in [0.15, 0.2) is 27.1 Å². The smallest absolute Gasteiger partial charge is 0.420 e. The molecule has 0 saturated carbocycles. The lowest BCUT2D eigenvalue weighted by atomic mass is 10.1. The summed E-state index contributed by atoms with van der Waals surface area (Å²) in [7, 11) is -6.73. The zero-order valence-corrected chi connectivity index (χ0v) is 27.4. The van der Waals surface area contributed by atoms with E-state index in [0.29, 0.717) is 5.75 Å². The standard InChI is InChI=1S/C24H50O4SSi4/c1-30(2)26-33(27-31(3)4,28-32(5)6)22-18-13-11-9-7-8-10-12-17-21-29(25)23-24-19-15-14-16-20-24/h14-16,19-20,30-32H,7-13,17-18,21-23H2,1-6H3. The van der Waals surface area contributed by atoms with Gasteiger partial charge in [-0.05, 0) is 57.7 Å². The Morgan fingerprint density at radius 3 is 1.55 bits per heavy atom. The third-order valence-corrected chi connectivity index (χ3v) is 17.6. The molecule has 1 atom stereocenters. The van der Waals surface area contributed by atoms with Gasteiger partial charge < -0.3 is 12.3 Å². The quantitative estimate of drug-likeness (QED) is 0.140. The van der Waals surface area contributed by atoms with Crippen LogP contribution in [-0.4, -0.2) is 45.9 Å². The molecule has 0 bridgehead atoms. The molecule has 1 rings (SSSR count). The van der Waals surface area contributed by atoms with Crippen molar-refractivity contribution in [2.75, 3.05) is 5.75 Å². The van der Waals surface area contributed by atoms with Crippen LogP contribution in [0.1, 0.15) is 63.4 Å². The first-order valence-corrected chi connectivity index (χ1v) is 24.9. The van der Waals surface area contributed by atoms with Crippen molar-refractivity contribution in [3.8, 4) is 0 Å². The van der Waals surface area contributed by atoms with Crippen LogP contribution in [0.5, 0.6) is 0 Å². The average Bonchev–Trinajstić information content (AvgIpc) is 2.71. The first-order chi connectivity index (χ1) is 15.7. The monoisotopic (exact) mass is 546 g/mol. The van der Waals surface area contributed by atoms with E-state index >= 15 is 0 Å². The van der Waals surface area contributed by atoms with Gasteiger partial charge in [-0.1, -0.05) is 75.3 Å². The van der Waals surface area contributed by atoms with Crippen molar-refractivity contribution in [3.05, 3.63) is 35.9 Å². The highest BCUT2D eigenvalue weighted by atomic mass is 32.2. The molecule has 0 radical (unpaired) electrons. The van der Waals surface area contributed by atoms with Gasteiger partial charge in [0.1, 0.15) is 0 Å².